The summed E-state index contributed by atoms with van der Waals surface area (Å²) in [5.41, 5.74) is 1.07. The highest BCUT2D eigenvalue weighted by Gasteiger charge is 2.02. The molecule has 0 aliphatic heterocycles. The summed E-state index contributed by atoms with van der Waals surface area (Å²) in [7, 11) is 1.33. The first kappa shape index (κ1) is 11.0. The van der Waals surface area contributed by atoms with Gasteiger partial charge in [0.15, 0.2) is 6.61 Å². The maximum atomic E-state index is 10.8. The molecule has 14 heavy (non-hydrogen) atoms. The topological polar surface area (TPSA) is 35.5 Å². The SMILES string of the molecule is COC(=O)COc1cc(C)cc(Br)c1. The van der Waals surface area contributed by atoms with Gasteiger partial charge in [0.25, 0.3) is 0 Å². The Bertz CT molecular complexity index is 316. The van der Waals surface area contributed by atoms with E-state index >= 15 is 0 Å². The van der Waals surface area contributed by atoms with Crippen molar-refractivity contribution in [2.45, 2.75) is 6.92 Å². The molecule has 0 amide bonds. The minimum absolute atomic E-state index is 0.0631. The summed E-state index contributed by atoms with van der Waals surface area (Å²) >= 11 is 3.34. The van der Waals surface area contributed by atoms with Crippen LogP contribution in [0.15, 0.2) is 22.7 Å². The maximum absolute atomic E-state index is 10.8. The molecule has 1 aromatic carbocycles. The summed E-state index contributed by atoms with van der Waals surface area (Å²) in [5, 5.41) is 0. The van der Waals surface area contributed by atoms with Crippen LogP contribution in [0.25, 0.3) is 0 Å². The molecule has 0 heterocycles. The van der Waals surface area contributed by atoms with Crippen LogP contribution in [0, 0.1) is 6.92 Å². The fraction of sp³-hybridized carbons (Fsp3) is 0.300. The molecule has 0 atom stereocenters. The van der Waals surface area contributed by atoms with Gasteiger partial charge in [0.1, 0.15) is 5.75 Å². The van der Waals surface area contributed by atoms with Crippen molar-refractivity contribution in [3.63, 3.8) is 0 Å². The van der Waals surface area contributed by atoms with Crippen molar-refractivity contribution in [1.82, 2.24) is 0 Å². The zero-order chi connectivity index (χ0) is 10.6. The average Bonchev–Trinajstić information content (AvgIpc) is 2.12. The minimum Gasteiger partial charge on any atom is -0.482 e. The smallest absolute Gasteiger partial charge is 0.343 e. The van der Waals surface area contributed by atoms with Crippen molar-refractivity contribution in [3.05, 3.63) is 28.2 Å². The van der Waals surface area contributed by atoms with E-state index in [1.807, 2.05) is 19.1 Å². The van der Waals surface area contributed by atoms with Crippen LogP contribution in [-0.2, 0) is 9.53 Å². The number of halogens is 1. The number of esters is 1. The van der Waals surface area contributed by atoms with Crippen molar-refractivity contribution in [2.24, 2.45) is 0 Å². The van der Waals surface area contributed by atoms with Gasteiger partial charge in [0.2, 0.25) is 0 Å². The molecule has 1 aromatic rings. The highest BCUT2D eigenvalue weighted by molar-refractivity contribution is 9.10. The minimum atomic E-state index is -0.386. The second kappa shape index (κ2) is 5.00. The summed E-state index contributed by atoms with van der Waals surface area (Å²) in [6, 6.07) is 5.62. The molecule has 0 spiro atoms. The number of hydrogen-bond acceptors (Lipinski definition) is 3. The first-order valence-electron chi connectivity index (χ1n) is 4.08. The van der Waals surface area contributed by atoms with Crippen molar-refractivity contribution in [3.8, 4) is 5.75 Å². The largest absolute Gasteiger partial charge is 0.482 e. The Kier molecular flexibility index (Phi) is 3.95. The molecule has 0 aliphatic rings. The summed E-state index contributed by atoms with van der Waals surface area (Å²) in [4.78, 5) is 10.8. The van der Waals surface area contributed by atoms with Gasteiger partial charge in [-0.25, -0.2) is 4.79 Å². The summed E-state index contributed by atoms with van der Waals surface area (Å²) in [6.45, 7) is 1.89. The summed E-state index contributed by atoms with van der Waals surface area (Å²) in [5.74, 6) is 0.268. The molecule has 3 nitrogen and oxygen atoms in total. The molecule has 0 fully saturated rings. The Morgan fingerprint density at radius 1 is 1.43 bits per heavy atom. The Morgan fingerprint density at radius 3 is 2.71 bits per heavy atom. The van der Waals surface area contributed by atoms with Crippen LogP contribution in [-0.4, -0.2) is 19.7 Å². The van der Waals surface area contributed by atoms with Crippen LogP contribution in [0.4, 0.5) is 0 Å². The van der Waals surface area contributed by atoms with Gasteiger partial charge < -0.3 is 9.47 Å². The Labute approximate surface area is 91.1 Å². The van der Waals surface area contributed by atoms with Gasteiger partial charge in [-0.3, -0.25) is 0 Å². The molecule has 0 aromatic heterocycles. The highest BCUT2D eigenvalue weighted by Crippen LogP contribution is 2.20. The summed E-state index contributed by atoms with van der Waals surface area (Å²) in [6.07, 6.45) is 0. The zero-order valence-electron chi connectivity index (χ0n) is 8.04. The van der Waals surface area contributed by atoms with Gasteiger partial charge in [-0.1, -0.05) is 15.9 Å². The van der Waals surface area contributed by atoms with Crippen LogP contribution in [0.3, 0.4) is 0 Å². The van der Waals surface area contributed by atoms with Crippen molar-refractivity contribution < 1.29 is 14.3 Å². The van der Waals surface area contributed by atoms with E-state index in [0.717, 1.165) is 10.0 Å². The molecule has 4 heteroatoms. The van der Waals surface area contributed by atoms with E-state index in [2.05, 4.69) is 20.7 Å². The van der Waals surface area contributed by atoms with Crippen molar-refractivity contribution >= 4 is 21.9 Å². The Balaban J connectivity index is 2.63. The van der Waals surface area contributed by atoms with Crippen LogP contribution < -0.4 is 4.74 Å². The van der Waals surface area contributed by atoms with Gasteiger partial charge in [-0.05, 0) is 30.7 Å². The van der Waals surface area contributed by atoms with Gasteiger partial charge >= 0.3 is 5.97 Å². The fourth-order valence-electron chi connectivity index (χ4n) is 0.987. The van der Waals surface area contributed by atoms with Gasteiger partial charge in [-0.2, -0.15) is 0 Å². The molecule has 0 unspecified atom stereocenters. The Morgan fingerprint density at radius 2 is 2.14 bits per heavy atom. The van der Waals surface area contributed by atoms with Crippen molar-refractivity contribution in [2.75, 3.05) is 13.7 Å². The lowest BCUT2D eigenvalue weighted by Gasteiger charge is -2.05. The molecule has 0 aliphatic carbocycles. The number of ether oxygens (including phenoxy) is 2. The number of benzene rings is 1. The maximum Gasteiger partial charge on any atom is 0.343 e. The number of carbonyl (C=O) groups is 1. The average molecular weight is 259 g/mol. The molecule has 0 saturated heterocycles. The third-order valence-electron chi connectivity index (χ3n) is 1.60. The third kappa shape index (κ3) is 3.38. The Hall–Kier alpha value is -1.03. The van der Waals surface area contributed by atoms with E-state index < -0.39 is 0 Å². The number of carbonyl (C=O) groups excluding carboxylic acids is 1. The van der Waals surface area contributed by atoms with Crippen LogP contribution in [0.2, 0.25) is 0 Å². The van der Waals surface area contributed by atoms with Crippen molar-refractivity contribution in [1.29, 1.82) is 0 Å². The normalized spacial score (nSPS) is 9.64. The van der Waals surface area contributed by atoms with Gasteiger partial charge in [0, 0.05) is 4.47 Å². The first-order valence-corrected chi connectivity index (χ1v) is 4.88. The van der Waals surface area contributed by atoms with Crippen LogP contribution in [0.5, 0.6) is 5.75 Å². The monoisotopic (exact) mass is 258 g/mol. The second-order valence-electron chi connectivity index (χ2n) is 2.83. The third-order valence-corrected chi connectivity index (χ3v) is 2.06. The predicted octanol–water partition coefficient (Wildman–Crippen LogP) is 2.31. The van der Waals surface area contributed by atoms with Gasteiger partial charge in [-0.15, -0.1) is 0 Å². The predicted molar refractivity (Wildman–Crippen MR) is 56.4 cm³/mol. The van der Waals surface area contributed by atoms with E-state index in [-0.39, 0.29) is 12.6 Å². The molecular weight excluding hydrogens is 248 g/mol. The summed E-state index contributed by atoms with van der Waals surface area (Å²) < 4.78 is 10.6. The molecule has 0 N–H and O–H groups in total. The zero-order valence-corrected chi connectivity index (χ0v) is 9.63. The van der Waals surface area contributed by atoms with Crippen LogP contribution in [0.1, 0.15) is 5.56 Å². The lowest BCUT2D eigenvalue weighted by atomic mass is 10.2. The lowest BCUT2D eigenvalue weighted by Crippen LogP contribution is -2.12. The molecule has 0 bridgehead atoms. The molecule has 76 valence electrons. The molecular formula is C10H11BrO3. The quantitative estimate of drug-likeness (QED) is 0.781. The highest BCUT2D eigenvalue weighted by atomic mass is 79.9. The number of hydrogen-bond donors (Lipinski definition) is 0. The first-order chi connectivity index (χ1) is 6.61. The van der Waals surface area contributed by atoms with E-state index in [4.69, 9.17) is 4.74 Å². The fourth-order valence-corrected chi connectivity index (χ4v) is 1.57. The molecule has 1 rings (SSSR count). The number of methoxy groups -OCH3 is 1. The van der Waals surface area contributed by atoms with E-state index in [9.17, 15) is 4.79 Å². The molecule has 0 saturated carbocycles. The van der Waals surface area contributed by atoms with E-state index in [0.29, 0.717) is 5.75 Å². The van der Waals surface area contributed by atoms with Crippen LogP contribution >= 0.6 is 15.9 Å². The van der Waals surface area contributed by atoms with Gasteiger partial charge in [0.05, 0.1) is 7.11 Å². The number of aryl methyl sites for hydroxylation is 1. The standard InChI is InChI=1S/C10H11BrO3/c1-7-3-8(11)5-9(4-7)14-6-10(12)13-2/h3-5H,6H2,1-2H3. The van der Waals surface area contributed by atoms with E-state index in [1.54, 1.807) is 6.07 Å². The number of rotatable bonds is 3. The lowest BCUT2D eigenvalue weighted by molar-refractivity contribution is -0.142. The molecule has 0 radical (unpaired) electrons. The van der Waals surface area contributed by atoms with E-state index in [1.165, 1.54) is 7.11 Å². The second-order valence-corrected chi connectivity index (χ2v) is 3.74.